The van der Waals surface area contributed by atoms with Crippen molar-refractivity contribution in [1.29, 1.82) is 0 Å². The van der Waals surface area contributed by atoms with Crippen LogP contribution in [0.3, 0.4) is 0 Å². The van der Waals surface area contributed by atoms with Gasteiger partial charge >= 0.3 is 0 Å². The lowest BCUT2D eigenvalue weighted by Crippen LogP contribution is -2.10. The predicted molar refractivity (Wildman–Crippen MR) is 45.4 cm³/mol. The predicted octanol–water partition coefficient (Wildman–Crippen LogP) is 0.970. The van der Waals surface area contributed by atoms with Gasteiger partial charge in [-0.15, -0.1) is 0 Å². The molecule has 0 fully saturated rings. The molecular formula is C8H11N3O. The van der Waals surface area contributed by atoms with Crippen molar-refractivity contribution < 1.29 is 4.79 Å². The highest BCUT2D eigenvalue weighted by atomic mass is 16.1. The zero-order valence-electron chi connectivity index (χ0n) is 6.98. The highest BCUT2D eigenvalue weighted by molar-refractivity contribution is 6.02. The van der Waals surface area contributed by atoms with Gasteiger partial charge in [0, 0.05) is 19.2 Å². The van der Waals surface area contributed by atoms with E-state index in [-0.39, 0.29) is 5.78 Å². The number of nitrogens with one attached hydrogen (secondary N) is 2. The van der Waals surface area contributed by atoms with Crippen LogP contribution < -0.4 is 5.32 Å². The minimum absolute atomic E-state index is 0.203. The van der Waals surface area contributed by atoms with Crippen LogP contribution in [0.1, 0.15) is 28.9 Å². The fraction of sp³-hybridized carbons (Fsp3) is 0.500. The monoisotopic (exact) mass is 165 g/mol. The van der Waals surface area contributed by atoms with Gasteiger partial charge in [0.2, 0.25) is 0 Å². The Kier molecular flexibility index (Phi) is 1.60. The number of aryl methyl sites for hydroxylation is 1. The summed E-state index contributed by atoms with van der Waals surface area (Å²) >= 11 is 0. The summed E-state index contributed by atoms with van der Waals surface area (Å²) in [5.74, 6) is 0.893. The molecule has 12 heavy (non-hydrogen) atoms. The number of carbonyl (C=O) groups is 1. The van der Waals surface area contributed by atoms with E-state index < -0.39 is 0 Å². The summed E-state index contributed by atoms with van der Waals surface area (Å²) in [5, 5.41) is 9.79. The SMILES string of the molecule is CNc1n[nH]c2c1C(=O)CCC2. The Balaban J connectivity index is 2.50. The number of Topliss-reactive ketones (excluding diaryl/α,β-unsaturated/α-hetero) is 1. The van der Waals surface area contributed by atoms with E-state index in [0.717, 1.165) is 24.1 Å². The van der Waals surface area contributed by atoms with Crippen LogP contribution in [-0.4, -0.2) is 23.0 Å². The Bertz CT molecular complexity index is 303. The number of rotatable bonds is 1. The minimum atomic E-state index is 0.203. The van der Waals surface area contributed by atoms with Crippen LogP contribution in [-0.2, 0) is 6.42 Å². The summed E-state index contributed by atoms with van der Waals surface area (Å²) in [6, 6.07) is 0. The Morgan fingerprint density at radius 2 is 2.33 bits per heavy atom. The zero-order valence-corrected chi connectivity index (χ0v) is 6.98. The molecule has 0 saturated heterocycles. The molecule has 0 aromatic carbocycles. The smallest absolute Gasteiger partial charge is 0.168 e. The number of ketones is 1. The number of fused-ring (bicyclic) bond motifs is 1. The number of hydrogen-bond donors (Lipinski definition) is 2. The van der Waals surface area contributed by atoms with E-state index in [1.54, 1.807) is 7.05 Å². The molecule has 0 aliphatic heterocycles. The van der Waals surface area contributed by atoms with Gasteiger partial charge in [0.15, 0.2) is 11.6 Å². The third-order valence-corrected chi connectivity index (χ3v) is 2.19. The molecule has 0 bridgehead atoms. The lowest BCUT2D eigenvalue weighted by Gasteiger charge is -2.09. The molecular weight excluding hydrogens is 154 g/mol. The number of hydrogen-bond acceptors (Lipinski definition) is 3. The second kappa shape index (κ2) is 2.62. The van der Waals surface area contributed by atoms with Crippen molar-refractivity contribution in [3.8, 4) is 0 Å². The molecule has 1 aliphatic rings. The molecule has 4 heteroatoms. The van der Waals surface area contributed by atoms with Crippen molar-refractivity contribution in [3.05, 3.63) is 11.3 Å². The summed E-state index contributed by atoms with van der Waals surface area (Å²) in [7, 11) is 1.78. The number of carbonyl (C=O) groups excluding carboxylic acids is 1. The Morgan fingerprint density at radius 1 is 1.50 bits per heavy atom. The molecule has 1 aliphatic carbocycles. The quantitative estimate of drug-likeness (QED) is 0.652. The van der Waals surface area contributed by atoms with Crippen molar-refractivity contribution in [2.45, 2.75) is 19.3 Å². The summed E-state index contributed by atoms with van der Waals surface area (Å²) in [5.41, 5.74) is 1.75. The van der Waals surface area contributed by atoms with Crippen LogP contribution in [0.5, 0.6) is 0 Å². The molecule has 4 nitrogen and oxygen atoms in total. The molecule has 0 saturated carbocycles. The summed E-state index contributed by atoms with van der Waals surface area (Å²) < 4.78 is 0. The highest BCUT2D eigenvalue weighted by Gasteiger charge is 2.22. The van der Waals surface area contributed by atoms with Crippen molar-refractivity contribution in [1.82, 2.24) is 10.2 Å². The highest BCUT2D eigenvalue weighted by Crippen LogP contribution is 2.24. The summed E-state index contributed by atoms with van der Waals surface area (Å²) in [6.45, 7) is 0. The van der Waals surface area contributed by atoms with E-state index in [4.69, 9.17) is 0 Å². The number of nitrogens with zero attached hydrogens (tertiary/aromatic N) is 1. The second-order valence-electron chi connectivity index (χ2n) is 2.95. The van der Waals surface area contributed by atoms with Gasteiger partial charge in [-0.25, -0.2) is 0 Å². The number of aromatic nitrogens is 2. The third kappa shape index (κ3) is 0.913. The maximum absolute atomic E-state index is 11.4. The van der Waals surface area contributed by atoms with Gasteiger partial charge in [0.25, 0.3) is 0 Å². The van der Waals surface area contributed by atoms with Crippen LogP contribution in [0.15, 0.2) is 0 Å². The van der Waals surface area contributed by atoms with Gasteiger partial charge < -0.3 is 5.32 Å². The first-order valence-electron chi connectivity index (χ1n) is 4.11. The van der Waals surface area contributed by atoms with Crippen molar-refractivity contribution in [3.63, 3.8) is 0 Å². The Morgan fingerprint density at radius 3 is 3.08 bits per heavy atom. The average Bonchev–Trinajstić information content (AvgIpc) is 2.49. The lowest BCUT2D eigenvalue weighted by molar-refractivity contribution is 0.0973. The molecule has 2 rings (SSSR count). The van der Waals surface area contributed by atoms with E-state index in [0.29, 0.717) is 12.2 Å². The first-order valence-corrected chi connectivity index (χ1v) is 4.11. The Hall–Kier alpha value is -1.32. The summed E-state index contributed by atoms with van der Waals surface area (Å²) in [4.78, 5) is 11.4. The fourth-order valence-corrected chi connectivity index (χ4v) is 1.59. The molecule has 1 heterocycles. The molecule has 1 aromatic heterocycles. The largest absolute Gasteiger partial charge is 0.371 e. The Labute approximate surface area is 70.4 Å². The average molecular weight is 165 g/mol. The van der Waals surface area contributed by atoms with Crippen molar-refractivity contribution in [2.24, 2.45) is 0 Å². The zero-order chi connectivity index (χ0) is 8.55. The van der Waals surface area contributed by atoms with E-state index in [1.165, 1.54) is 0 Å². The molecule has 0 unspecified atom stereocenters. The van der Waals surface area contributed by atoms with Crippen LogP contribution in [0.2, 0.25) is 0 Å². The normalized spacial score (nSPS) is 15.9. The van der Waals surface area contributed by atoms with Crippen molar-refractivity contribution in [2.75, 3.05) is 12.4 Å². The van der Waals surface area contributed by atoms with E-state index in [9.17, 15) is 4.79 Å². The molecule has 0 radical (unpaired) electrons. The van der Waals surface area contributed by atoms with Gasteiger partial charge in [-0.3, -0.25) is 9.89 Å². The third-order valence-electron chi connectivity index (χ3n) is 2.19. The maximum Gasteiger partial charge on any atom is 0.168 e. The molecule has 0 amide bonds. The van der Waals surface area contributed by atoms with Crippen LogP contribution >= 0.6 is 0 Å². The van der Waals surface area contributed by atoms with Gasteiger partial charge in [0.1, 0.15) is 0 Å². The topological polar surface area (TPSA) is 57.8 Å². The lowest BCUT2D eigenvalue weighted by atomic mass is 9.96. The van der Waals surface area contributed by atoms with Crippen LogP contribution in [0.25, 0.3) is 0 Å². The number of H-pyrrole nitrogens is 1. The number of anilines is 1. The molecule has 0 spiro atoms. The van der Waals surface area contributed by atoms with Gasteiger partial charge in [-0.1, -0.05) is 0 Å². The first kappa shape index (κ1) is 7.34. The van der Waals surface area contributed by atoms with Gasteiger partial charge in [-0.05, 0) is 12.8 Å². The molecule has 2 N–H and O–H groups in total. The van der Waals surface area contributed by atoms with E-state index in [1.807, 2.05) is 0 Å². The van der Waals surface area contributed by atoms with Crippen molar-refractivity contribution >= 4 is 11.6 Å². The van der Waals surface area contributed by atoms with E-state index >= 15 is 0 Å². The van der Waals surface area contributed by atoms with Gasteiger partial charge in [-0.2, -0.15) is 5.10 Å². The minimum Gasteiger partial charge on any atom is -0.371 e. The van der Waals surface area contributed by atoms with E-state index in [2.05, 4.69) is 15.5 Å². The standard InChI is InChI=1S/C8H11N3O/c1-9-8-7-5(10-11-8)3-2-4-6(7)12/h2-4H2,1H3,(H2,9,10,11). The molecule has 0 atom stereocenters. The second-order valence-corrected chi connectivity index (χ2v) is 2.95. The maximum atomic E-state index is 11.4. The first-order chi connectivity index (χ1) is 5.83. The molecule has 64 valence electrons. The van der Waals surface area contributed by atoms with Crippen LogP contribution in [0, 0.1) is 0 Å². The summed E-state index contributed by atoms with van der Waals surface area (Å²) in [6.07, 6.45) is 2.54. The molecule has 1 aromatic rings. The number of aromatic amines is 1. The fourth-order valence-electron chi connectivity index (χ4n) is 1.59. The van der Waals surface area contributed by atoms with Gasteiger partial charge in [0.05, 0.1) is 5.56 Å². The van der Waals surface area contributed by atoms with Crippen LogP contribution in [0.4, 0.5) is 5.82 Å².